The summed E-state index contributed by atoms with van der Waals surface area (Å²) in [6.45, 7) is 0. The van der Waals surface area contributed by atoms with Gasteiger partial charge in [-0.25, -0.2) is 0 Å². The minimum Gasteiger partial charge on any atom is -0.508 e. The van der Waals surface area contributed by atoms with Crippen LogP contribution in [0.25, 0.3) is 5.57 Å². The van der Waals surface area contributed by atoms with Crippen molar-refractivity contribution in [2.45, 2.75) is 12.8 Å². The number of rotatable bonds is 1. The molecule has 2 heteroatoms. The smallest absolute Gasteiger partial charge is 0.119 e. The predicted molar refractivity (Wildman–Crippen MR) is 47.0 cm³/mol. The van der Waals surface area contributed by atoms with E-state index in [1.54, 1.807) is 12.1 Å². The summed E-state index contributed by atoms with van der Waals surface area (Å²) >= 11 is 0. The summed E-state index contributed by atoms with van der Waals surface area (Å²) in [6, 6.07) is 4.68. The molecule has 0 saturated carbocycles. The molecule has 0 aromatic heterocycles. The summed E-state index contributed by atoms with van der Waals surface area (Å²) in [6.07, 6.45) is 4.25. The monoisotopic (exact) mass is 162 g/mol. The molecule has 0 spiro atoms. The summed E-state index contributed by atoms with van der Waals surface area (Å²) in [5.41, 5.74) is 2.14. The van der Waals surface area contributed by atoms with Gasteiger partial charge in [0.25, 0.3) is 0 Å². The Hall–Kier alpha value is -1.44. The Labute approximate surface area is 70.8 Å². The van der Waals surface area contributed by atoms with Crippen molar-refractivity contribution in [1.82, 2.24) is 0 Å². The highest BCUT2D eigenvalue weighted by Crippen LogP contribution is 2.32. The topological polar surface area (TPSA) is 40.5 Å². The second kappa shape index (κ2) is 2.55. The molecule has 0 unspecified atom stereocenters. The normalized spacial score (nSPS) is 15.2. The van der Waals surface area contributed by atoms with Crippen LogP contribution in [0.3, 0.4) is 0 Å². The Bertz CT molecular complexity index is 319. The maximum Gasteiger partial charge on any atom is 0.119 e. The number of phenolic OH excluding ortho intramolecular Hbond substituents is 2. The molecule has 0 aliphatic heterocycles. The van der Waals surface area contributed by atoms with Gasteiger partial charge in [0.2, 0.25) is 0 Å². The number of hydrogen-bond acceptors (Lipinski definition) is 2. The molecule has 1 aliphatic carbocycles. The van der Waals surface area contributed by atoms with Crippen LogP contribution in [0.5, 0.6) is 11.5 Å². The van der Waals surface area contributed by atoms with Crippen molar-refractivity contribution in [3.8, 4) is 11.5 Å². The lowest BCUT2D eigenvalue weighted by molar-refractivity contribution is 0.450. The molecule has 1 aromatic rings. The summed E-state index contributed by atoms with van der Waals surface area (Å²) < 4.78 is 0. The first-order valence-corrected chi connectivity index (χ1v) is 3.98. The van der Waals surface area contributed by atoms with Gasteiger partial charge < -0.3 is 10.2 Å². The Morgan fingerprint density at radius 1 is 1.00 bits per heavy atom. The number of benzene rings is 1. The Kier molecular flexibility index (Phi) is 1.54. The van der Waals surface area contributed by atoms with Crippen LogP contribution in [0.1, 0.15) is 18.4 Å². The Morgan fingerprint density at radius 3 is 2.00 bits per heavy atom. The number of hydrogen-bond donors (Lipinski definition) is 2. The van der Waals surface area contributed by atoms with Crippen LogP contribution in [-0.2, 0) is 0 Å². The summed E-state index contributed by atoms with van der Waals surface area (Å²) in [5.74, 6) is 0.246. The molecule has 0 heterocycles. The highest BCUT2D eigenvalue weighted by atomic mass is 16.3. The van der Waals surface area contributed by atoms with Gasteiger partial charge in [-0.3, -0.25) is 0 Å². The van der Waals surface area contributed by atoms with Gasteiger partial charge in [0.1, 0.15) is 11.5 Å². The molecular formula is C10H10O2. The van der Waals surface area contributed by atoms with Crippen LogP contribution < -0.4 is 0 Å². The molecule has 0 fully saturated rings. The zero-order valence-electron chi connectivity index (χ0n) is 6.62. The van der Waals surface area contributed by atoms with Crippen molar-refractivity contribution in [2.75, 3.05) is 0 Å². The summed E-state index contributed by atoms with van der Waals surface area (Å²) in [7, 11) is 0. The molecule has 1 aromatic carbocycles. The fraction of sp³-hybridized carbons (Fsp3) is 0.200. The fourth-order valence-electron chi connectivity index (χ4n) is 1.33. The van der Waals surface area contributed by atoms with E-state index in [-0.39, 0.29) is 11.5 Å². The van der Waals surface area contributed by atoms with Crippen LogP contribution in [-0.4, -0.2) is 10.2 Å². The van der Waals surface area contributed by atoms with Gasteiger partial charge in [-0.1, -0.05) is 6.08 Å². The predicted octanol–water partition coefficient (Wildman–Crippen LogP) is 2.28. The van der Waals surface area contributed by atoms with Gasteiger partial charge in [0.15, 0.2) is 0 Å². The Morgan fingerprint density at radius 2 is 1.58 bits per heavy atom. The maximum atomic E-state index is 9.18. The van der Waals surface area contributed by atoms with Crippen molar-refractivity contribution in [3.63, 3.8) is 0 Å². The highest BCUT2D eigenvalue weighted by molar-refractivity contribution is 5.71. The quantitative estimate of drug-likeness (QED) is 0.665. The molecule has 0 atom stereocenters. The largest absolute Gasteiger partial charge is 0.508 e. The standard InChI is InChI=1S/C10H10O2/c11-9-4-8(5-10(12)6-9)7-2-1-3-7/h2,4-6,11-12H,1,3H2. The first-order valence-electron chi connectivity index (χ1n) is 3.98. The summed E-state index contributed by atoms with van der Waals surface area (Å²) in [4.78, 5) is 0. The van der Waals surface area contributed by atoms with E-state index in [0.29, 0.717) is 0 Å². The van der Waals surface area contributed by atoms with Crippen molar-refractivity contribution in [3.05, 3.63) is 29.8 Å². The van der Waals surface area contributed by atoms with Crippen molar-refractivity contribution in [2.24, 2.45) is 0 Å². The van der Waals surface area contributed by atoms with E-state index in [2.05, 4.69) is 6.08 Å². The lowest BCUT2D eigenvalue weighted by atomic mass is 9.92. The number of allylic oxidation sites excluding steroid dienone is 2. The van der Waals surface area contributed by atoms with Crippen molar-refractivity contribution < 1.29 is 10.2 Å². The molecular weight excluding hydrogens is 152 g/mol. The van der Waals surface area contributed by atoms with Crippen LogP contribution in [0, 0.1) is 0 Å². The minimum atomic E-state index is 0.123. The second-order valence-corrected chi connectivity index (χ2v) is 3.01. The third kappa shape index (κ3) is 1.16. The van der Waals surface area contributed by atoms with E-state index in [1.807, 2.05) is 0 Å². The molecule has 2 rings (SSSR count). The molecule has 2 nitrogen and oxygen atoms in total. The van der Waals surface area contributed by atoms with Gasteiger partial charge >= 0.3 is 0 Å². The molecule has 0 saturated heterocycles. The van der Waals surface area contributed by atoms with Crippen LogP contribution >= 0.6 is 0 Å². The molecule has 2 N–H and O–H groups in total. The van der Waals surface area contributed by atoms with Crippen LogP contribution in [0.4, 0.5) is 0 Å². The van der Waals surface area contributed by atoms with Gasteiger partial charge in [0, 0.05) is 6.07 Å². The first kappa shape index (κ1) is 7.22. The van der Waals surface area contributed by atoms with E-state index < -0.39 is 0 Å². The number of phenols is 2. The molecule has 0 amide bonds. The SMILES string of the molecule is Oc1cc(O)cc(C2=CCC2)c1. The second-order valence-electron chi connectivity index (χ2n) is 3.01. The number of aromatic hydroxyl groups is 2. The molecule has 12 heavy (non-hydrogen) atoms. The zero-order chi connectivity index (χ0) is 8.55. The highest BCUT2D eigenvalue weighted by Gasteiger charge is 2.09. The summed E-state index contributed by atoms with van der Waals surface area (Å²) in [5, 5.41) is 18.4. The van der Waals surface area contributed by atoms with E-state index in [9.17, 15) is 10.2 Å². The average molecular weight is 162 g/mol. The zero-order valence-corrected chi connectivity index (χ0v) is 6.62. The van der Waals surface area contributed by atoms with Gasteiger partial charge in [-0.15, -0.1) is 0 Å². The first-order chi connectivity index (χ1) is 5.75. The molecule has 0 bridgehead atoms. The average Bonchev–Trinajstić information content (AvgIpc) is 1.79. The third-order valence-electron chi connectivity index (χ3n) is 2.08. The fourth-order valence-corrected chi connectivity index (χ4v) is 1.33. The van der Waals surface area contributed by atoms with E-state index in [0.717, 1.165) is 18.4 Å². The third-order valence-corrected chi connectivity index (χ3v) is 2.08. The van der Waals surface area contributed by atoms with Crippen LogP contribution in [0.2, 0.25) is 0 Å². The van der Waals surface area contributed by atoms with Gasteiger partial charge in [-0.2, -0.15) is 0 Å². The lowest BCUT2D eigenvalue weighted by Gasteiger charge is -2.14. The van der Waals surface area contributed by atoms with Gasteiger partial charge in [0.05, 0.1) is 0 Å². The Balaban J connectivity index is 2.43. The lowest BCUT2D eigenvalue weighted by Crippen LogP contribution is -1.92. The van der Waals surface area contributed by atoms with E-state index in [1.165, 1.54) is 11.6 Å². The molecule has 1 aliphatic rings. The van der Waals surface area contributed by atoms with E-state index in [4.69, 9.17) is 0 Å². The van der Waals surface area contributed by atoms with Crippen molar-refractivity contribution >= 4 is 5.57 Å². The minimum absolute atomic E-state index is 0.123. The molecule has 62 valence electrons. The van der Waals surface area contributed by atoms with E-state index >= 15 is 0 Å². The van der Waals surface area contributed by atoms with Crippen molar-refractivity contribution in [1.29, 1.82) is 0 Å². The van der Waals surface area contributed by atoms with Crippen LogP contribution in [0.15, 0.2) is 24.3 Å². The maximum absolute atomic E-state index is 9.18. The van der Waals surface area contributed by atoms with Gasteiger partial charge in [-0.05, 0) is 36.1 Å². The molecule has 0 radical (unpaired) electrons.